The van der Waals surface area contributed by atoms with Gasteiger partial charge in [-0.3, -0.25) is 4.79 Å². The van der Waals surface area contributed by atoms with Gasteiger partial charge >= 0.3 is 0 Å². The molecule has 2 aliphatic rings. The van der Waals surface area contributed by atoms with Crippen LogP contribution in [-0.2, 0) is 10.2 Å². The average molecular weight is 267 g/mol. The molecule has 0 bridgehead atoms. The van der Waals surface area contributed by atoms with Gasteiger partial charge in [-0.2, -0.15) is 5.26 Å². The molecule has 1 aromatic rings. The molecule has 20 heavy (non-hydrogen) atoms. The molecule has 1 aromatic carbocycles. The van der Waals surface area contributed by atoms with Gasteiger partial charge in [0, 0.05) is 17.9 Å². The third-order valence-corrected chi connectivity index (χ3v) is 4.63. The molecule has 4 nitrogen and oxygen atoms in total. The van der Waals surface area contributed by atoms with Crippen LogP contribution >= 0.6 is 0 Å². The molecule has 2 unspecified atom stereocenters. The Morgan fingerprint density at radius 1 is 1.50 bits per heavy atom. The highest BCUT2D eigenvalue weighted by Gasteiger charge is 2.53. The maximum absolute atomic E-state index is 12.9. The summed E-state index contributed by atoms with van der Waals surface area (Å²) in [5.74, 6) is -0.327. The minimum Gasteiger partial charge on any atom is -0.312 e. The van der Waals surface area contributed by atoms with Crippen molar-refractivity contribution in [2.45, 2.75) is 31.6 Å². The van der Waals surface area contributed by atoms with Gasteiger partial charge in [0.05, 0.1) is 17.4 Å². The van der Waals surface area contributed by atoms with E-state index >= 15 is 0 Å². The number of fused-ring (bicyclic) bond motifs is 2. The topological polar surface area (TPSA) is 68.0 Å². The molecular weight excluding hydrogens is 250 g/mol. The number of benzene rings is 1. The van der Waals surface area contributed by atoms with Crippen molar-refractivity contribution in [3.8, 4) is 6.07 Å². The number of carbonyl (C=O) groups excluding carboxylic acids is 1. The lowest BCUT2D eigenvalue weighted by Gasteiger charge is -2.35. The Bertz CT molecular complexity index is 631. The number of anilines is 1. The van der Waals surface area contributed by atoms with E-state index in [1.165, 1.54) is 0 Å². The molecule has 1 aliphatic carbocycles. The average Bonchev–Trinajstić information content (AvgIpc) is 2.71. The van der Waals surface area contributed by atoms with Gasteiger partial charge in [0.2, 0.25) is 5.91 Å². The number of hydrogen-bond donors (Lipinski definition) is 1. The van der Waals surface area contributed by atoms with E-state index in [9.17, 15) is 10.1 Å². The van der Waals surface area contributed by atoms with Crippen LogP contribution in [0.3, 0.4) is 0 Å². The van der Waals surface area contributed by atoms with Gasteiger partial charge in [0.1, 0.15) is 0 Å². The summed E-state index contributed by atoms with van der Waals surface area (Å²) < 4.78 is 0. The molecule has 2 atom stereocenters. The first kappa shape index (κ1) is 12.9. The summed E-state index contributed by atoms with van der Waals surface area (Å²) in [5.41, 5.74) is 1.90. The quantitative estimate of drug-likeness (QED) is 0.849. The van der Waals surface area contributed by atoms with Crippen molar-refractivity contribution in [2.24, 2.45) is 5.92 Å². The molecule has 1 fully saturated rings. The third kappa shape index (κ3) is 1.53. The monoisotopic (exact) mass is 267 g/mol. The summed E-state index contributed by atoms with van der Waals surface area (Å²) in [5, 5.41) is 17.1. The normalized spacial score (nSPS) is 28.6. The van der Waals surface area contributed by atoms with Crippen LogP contribution in [0.5, 0.6) is 0 Å². The van der Waals surface area contributed by atoms with Crippen molar-refractivity contribution in [3.63, 3.8) is 0 Å². The summed E-state index contributed by atoms with van der Waals surface area (Å²) >= 11 is 0. The second-order valence-electron chi connectivity index (χ2n) is 5.56. The number of hydrogen-bond acceptors (Lipinski definition) is 3. The molecule has 4 heteroatoms. The predicted octanol–water partition coefficient (Wildman–Crippen LogP) is 2.63. The van der Waals surface area contributed by atoms with E-state index in [2.05, 4.69) is 6.07 Å². The summed E-state index contributed by atoms with van der Waals surface area (Å²) in [6.45, 7) is 2.62. The molecule has 3 rings (SSSR count). The van der Waals surface area contributed by atoms with Gasteiger partial charge in [-0.1, -0.05) is 18.2 Å². The van der Waals surface area contributed by atoms with E-state index < -0.39 is 11.3 Å². The Morgan fingerprint density at radius 3 is 2.95 bits per heavy atom. The highest BCUT2D eigenvalue weighted by Crippen LogP contribution is 2.50. The number of nitriles is 1. The summed E-state index contributed by atoms with van der Waals surface area (Å²) in [4.78, 5) is 14.7. The van der Waals surface area contributed by atoms with E-state index in [1.54, 1.807) is 0 Å². The lowest BCUT2D eigenvalue weighted by molar-refractivity contribution is -0.124. The number of rotatable bonds is 1. The molecule has 0 aromatic heterocycles. The summed E-state index contributed by atoms with van der Waals surface area (Å²) in [7, 11) is 0. The highest BCUT2D eigenvalue weighted by atomic mass is 16.2. The van der Waals surface area contributed by atoms with Crippen LogP contribution in [0, 0.1) is 22.7 Å². The maximum atomic E-state index is 12.9. The van der Waals surface area contributed by atoms with E-state index in [0.717, 1.165) is 11.3 Å². The van der Waals surface area contributed by atoms with Gasteiger partial charge in [0.25, 0.3) is 0 Å². The smallest absolute Gasteiger partial charge is 0.237 e. The number of likely N-dealkylation sites (N-methyl/N-ethyl adjacent to an activating group) is 1. The first-order valence-electron chi connectivity index (χ1n) is 7.02. The van der Waals surface area contributed by atoms with Gasteiger partial charge in [-0.15, -0.1) is 0 Å². The largest absolute Gasteiger partial charge is 0.312 e. The number of nitrogens with one attached hydrogen (secondary N) is 1. The second kappa shape index (κ2) is 4.45. The van der Waals surface area contributed by atoms with E-state index in [-0.39, 0.29) is 5.91 Å². The number of amides is 1. The van der Waals surface area contributed by atoms with E-state index in [4.69, 9.17) is 5.41 Å². The lowest BCUT2D eigenvalue weighted by Crippen LogP contribution is -2.45. The Balaban J connectivity index is 2.12. The fourth-order valence-electron chi connectivity index (χ4n) is 3.57. The Kier molecular flexibility index (Phi) is 2.86. The fourth-order valence-corrected chi connectivity index (χ4v) is 3.57. The number of carbonyl (C=O) groups is 1. The van der Waals surface area contributed by atoms with Crippen molar-refractivity contribution in [3.05, 3.63) is 29.8 Å². The Hall–Kier alpha value is -2.15. The first-order chi connectivity index (χ1) is 9.64. The van der Waals surface area contributed by atoms with Crippen LogP contribution in [0.4, 0.5) is 5.69 Å². The number of nitrogens with zero attached hydrogens (tertiary/aromatic N) is 2. The molecule has 0 saturated heterocycles. The second-order valence-corrected chi connectivity index (χ2v) is 5.56. The number of para-hydroxylation sites is 1. The van der Waals surface area contributed by atoms with Crippen LogP contribution < -0.4 is 4.90 Å². The van der Waals surface area contributed by atoms with Crippen molar-refractivity contribution in [2.75, 3.05) is 11.4 Å². The third-order valence-electron chi connectivity index (χ3n) is 4.63. The van der Waals surface area contributed by atoms with Crippen LogP contribution in [0.25, 0.3) is 0 Å². The standard InChI is InChI=1S/C16H17N3O/c1-2-19-14-6-4-3-5-12(14)16(15(19)20)8-7-13(18)11(9-16)10-17/h3-6,11,18H,2,7-9H2,1H3. The first-order valence-corrected chi connectivity index (χ1v) is 7.02. The van der Waals surface area contributed by atoms with Crippen LogP contribution in [0.1, 0.15) is 31.7 Å². The SMILES string of the molecule is CCN1C(=O)C2(CCC(=N)C(C#N)C2)c2ccccc21. The van der Waals surface area contributed by atoms with Crippen molar-refractivity contribution >= 4 is 17.3 Å². The van der Waals surface area contributed by atoms with E-state index in [1.807, 2.05) is 36.1 Å². The summed E-state index contributed by atoms with van der Waals surface area (Å²) in [6, 6.07) is 10.1. The van der Waals surface area contributed by atoms with Crippen LogP contribution in [-0.4, -0.2) is 18.2 Å². The molecule has 1 N–H and O–H groups in total. The van der Waals surface area contributed by atoms with E-state index in [0.29, 0.717) is 31.5 Å². The molecule has 1 amide bonds. The van der Waals surface area contributed by atoms with Crippen molar-refractivity contribution < 1.29 is 4.79 Å². The molecule has 0 radical (unpaired) electrons. The molecular formula is C16H17N3O. The molecule has 1 saturated carbocycles. The zero-order valence-electron chi connectivity index (χ0n) is 11.5. The van der Waals surface area contributed by atoms with Crippen molar-refractivity contribution in [1.29, 1.82) is 10.7 Å². The lowest BCUT2D eigenvalue weighted by atomic mass is 9.66. The molecule has 1 spiro atoms. The predicted molar refractivity (Wildman–Crippen MR) is 76.8 cm³/mol. The minimum atomic E-state index is -0.586. The van der Waals surface area contributed by atoms with Gasteiger partial charge < -0.3 is 10.3 Å². The zero-order valence-corrected chi connectivity index (χ0v) is 11.5. The molecule has 1 heterocycles. The van der Waals surface area contributed by atoms with Gasteiger partial charge in [-0.25, -0.2) is 0 Å². The Morgan fingerprint density at radius 2 is 2.25 bits per heavy atom. The molecule has 102 valence electrons. The zero-order chi connectivity index (χ0) is 14.3. The highest BCUT2D eigenvalue weighted by molar-refractivity contribution is 6.09. The van der Waals surface area contributed by atoms with Crippen molar-refractivity contribution in [1.82, 2.24) is 0 Å². The minimum absolute atomic E-state index is 0.106. The Labute approximate surface area is 118 Å². The van der Waals surface area contributed by atoms with Gasteiger partial charge in [0.15, 0.2) is 0 Å². The molecule has 1 aliphatic heterocycles. The maximum Gasteiger partial charge on any atom is 0.237 e. The fraction of sp³-hybridized carbons (Fsp3) is 0.438. The van der Waals surface area contributed by atoms with Gasteiger partial charge in [-0.05, 0) is 37.8 Å². The van der Waals surface area contributed by atoms with Crippen LogP contribution in [0.2, 0.25) is 0 Å². The van der Waals surface area contributed by atoms with Crippen LogP contribution in [0.15, 0.2) is 24.3 Å². The summed E-state index contributed by atoms with van der Waals surface area (Å²) in [6.07, 6.45) is 1.64.